The van der Waals surface area contributed by atoms with E-state index in [-0.39, 0.29) is 5.54 Å². The van der Waals surface area contributed by atoms with Crippen molar-refractivity contribution in [1.29, 1.82) is 0 Å². The molecule has 0 amide bonds. The van der Waals surface area contributed by atoms with E-state index in [2.05, 4.69) is 68.3 Å². The van der Waals surface area contributed by atoms with Crippen molar-refractivity contribution in [2.45, 2.75) is 53.1 Å². The minimum absolute atomic E-state index is 0.111. The summed E-state index contributed by atoms with van der Waals surface area (Å²) in [6, 6.07) is 6.59. The molecule has 0 aliphatic heterocycles. The van der Waals surface area contributed by atoms with Crippen LogP contribution < -0.4 is 5.32 Å². The van der Waals surface area contributed by atoms with Crippen LogP contribution in [0.4, 0.5) is 0 Å². The lowest BCUT2D eigenvalue weighted by Crippen LogP contribution is -2.35. The number of rotatable bonds is 4. The number of hydrogen-bond donors (Lipinski definition) is 1. The Labute approximate surface area is 125 Å². The van der Waals surface area contributed by atoms with Gasteiger partial charge in [0.1, 0.15) is 10.0 Å². The maximum Gasteiger partial charge on any atom is 0.131 e. The van der Waals surface area contributed by atoms with Gasteiger partial charge in [0.05, 0.1) is 6.54 Å². The Morgan fingerprint density at radius 1 is 1.05 bits per heavy atom. The van der Waals surface area contributed by atoms with Gasteiger partial charge in [-0.1, -0.05) is 29.5 Å². The molecule has 108 valence electrons. The summed E-state index contributed by atoms with van der Waals surface area (Å²) in [4.78, 5) is 0. The lowest BCUT2D eigenvalue weighted by Gasteiger charge is -2.19. The molecule has 0 fully saturated rings. The van der Waals surface area contributed by atoms with E-state index in [1.807, 2.05) is 0 Å². The summed E-state index contributed by atoms with van der Waals surface area (Å²) in [6.07, 6.45) is 0.869. The van der Waals surface area contributed by atoms with E-state index < -0.39 is 0 Å². The molecular weight excluding hydrogens is 266 g/mol. The van der Waals surface area contributed by atoms with E-state index in [0.29, 0.717) is 0 Å². The van der Waals surface area contributed by atoms with Crippen LogP contribution >= 0.6 is 11.3 Å². The maximum absolute atomic E-state index is 4.29. The molecule has 0 bridgehead atoms. The first-order chi connectivity index (χ1) is 9.33. The Morgan fingerprint density at radius 2 is 1.75 bits per heavy atom. The van der Waals surface area contributed by atoms with Gasteiger partial charge >= 0.3 is 0 Å². The largest absolute Gasteiger partial charge is 0.306 e. The normalized spacial score (nSPS) is 11.8. The smallest absolute Gasteiger partial charge is 0.131 e. The third-order valence-corrected chi connectivity index (χ3v) is 4.13. The summed E-state index contributed by atoms with van der Waals surface area (Å²) in [7, 11) is 0. The predicted molar refractivity (Wildman–Crippen MR) is 85.2 cm³/mol. The highest BCUT2D eigenvalue weighted by molar-refractivity contribution is 7.11. The molecule has 0 radical (unpaired) electrons. The Kier molecular flexibility index (Phi) is 4.55. The lowest BCUT2D eigenvalue weighted by molar-refractivity contribution is 0.423. The number of benzene rings is 1. The quantitative estimate of drug-likeness (QED) is 0.934. The van der Waals surface area contributed by atoms with Crippen LogP contribution in [0.3, 0.4) is 0 Å². The summed E-state index contributed by atoms with van der Waals surface area (Å²) in [5, 5.41) is 14.1. The number of nitrogens with one attached hydrogen (secondary N) is 1. The Balaban J connectivity index is 2.00. The molecule has 0 aliphatic carbocycles. The van der Waals surface area contributed by atoms with Crippen molar-refractivity contribution in [3.63, 3.8) is 0 Å². The van der Waals surface area contributed by atoms with Crippen molar-refractivity contribution < 1.29 is 0 Å². The summed E-state index contributed by atoms with van der Waals surface area (Å²) in [6.45, 7) is 11.5. The summed E-state index contributed by atoms with van der Waals surface area (Å²) >= 11 is 1.69. The highest BCUT2D eigenvalue weighted by Gasteiger charge is 2.11. The van der Waals surface area contributed by atoms with Gasteiger partial charge in [-0.3, -0.25) is 0 Å². The molecule has 0 saturated carbocycles. The fourth-order valence-electron chi connectivity index (χ4n) is 1.86. The summed E-state index contributed by atoms with van der Waals surface area (Å²) in [5.74, 6) is 0. The number of nitrogens with zero attached hydrogens (tertiary/aromatic N) is 2. The lowest BCUT2D eigenvalue weighted by atomic mass is 10.0. The van der Waals surface area contributed by atoms with Gasteiger partial charge in [0, 0.05) is 12.0 Å². The van der Waals surface area contributed by atoms with Crippen LogP contribution in [-0.2, 0) is 13.0 Å². The van der Waals surface area contributed by atoms with Crippen molar-refractivity contribution in [3.8, 4) is 0 Å². The minimum atomic E-state index is 0.111. The molecule has 0 spiro atoms. The van der Waals surface area contributed by atoms with Crippen LogP contribution in [0.25, 0.3) is 0 Å². The van der Waals surface area contributed by atoms with Crippen LogP contribution in [0.5, 0.6) is 0 Å². The van der Waals surface area contributed by atoms with Crippen molar-refractivity contribution in [3.05, 3.63) is 44.9 Å². The van der Waals surface area contributed by atoms with Gasteiger partial charge in [-0.15, -0.1) is 10.2 Å². The fraction of sp³-hybridized carbons (Fsp3) is 0.500. The molecular formula is C16H23N3S. The standard InChI is InChI=1S/C16H23N3S/c1-11-6-7-13(8-12(11)2)9-14-18-19-15(20-14)10-17-16(3,4)5/h6-8,17H,9-10H2,1-5H3. The average molecular weight is 289 g/mol. The zero-order chi connectivity index (χ0) is 14.8. The maximum atomic E-state index is 4.29. The van der Waals surface area contributed by atoms with E-state index >= 15 is 0 Å². The fourth-order valence-corrected chi connectivity index (χ4v) is 2.68. The molecule has 20 heavy (non-hydrogen) atoms. The number of aryl methyl sites for hydroxylation is 2. The molecule has 0 aliphatic rings. The average Bonchev–Trinajstić information content (AvgIpc) is 2.78. The highest BCUT2D eigenvalue weighted by atomic mass is 32.1. The van der Waals surface area contributed by atoms with Crippen LogP contribution in [0, 0.1) is 13.8 Å². The van der Waals surface area contributed by atoms with E-state index in [9.17, 15) is 0 Å². The Morgan fingerprint density at radius 3 is 2.40 bits per heavy atom. The zero-order valence-corrected chi connectivity index (χ0v) is 13.8. The van der Waals surface area contributed by atoms with Crippen molar-refractivity contribution >= 4 is 11.3 Å². The monoisotopic (exact) mass is 289 g/mol. The zero-order valence-electron chi connectivity index (χ0n) is 12.9. The van der Waals surface area contributed by atoms with E-state index in [1.54, 1.807) is 11.3 Å². The van der Waals surface area contributed by atoms with Gasteiger partial charge < -0.3 is 5.32 Å². The first-order valence-electron chi connectivity index (χ1n) is 6.96. The van der Waals surface area contributed by atoms with Crippen LogP contribution in [0.2, 0.25) is 0 Å². The van der Waals surface area contributed by atoms with Gasteiger partial charge in [-0.2, -0.15) is 0 Å². The molecule has 3 nitrogen and oxygen atoms in total. The third kappa shape index (κ3) is 4.39. The molecule has 2 aromatic rings. The molecule has 4 heteroatoms. The van der Waals surface area contributed by atoms with Crippen LogP contribution in [-0.4, -0.2) is 15.7 Å². The molecule has 0 saturated heterocycles. The highest BCUT2D eigenvalue weighted by Crippen LogP contribution is 2.17. The number of hydrogen-bond acceptors (Lipinski definition) is 4. The third-order valence-electron chi connectivity index (χ3n) is 3.21. The van der Waals surface area contributed by atoms with Gasteiger partial charge in [0.2, 0.25) is 0 Å². The SMILES string of the molecule is Cc1ccc(Cc2nnc(CNC(C)(C)C)s2)cc1C. The second-order valence-corrected chi connectivity index (χ2v) is 7.44. The molecule has 1 heterocycles. The van der Waals surface area contributed by atoms with Crippen molar-refractivity contribution in [2.24, 2.45) is 0 Å². The molecule has 1 N–H and O–H groups in total. The summed E-state index contributed by atoms with van der Waals surface area (Å²) in [5.41, 5.74) is 4.09. The minimum Gasteiger partial charge on any atom is -0.306 e. The van der Waals surface area contributed by atoms with Crippen LogP contribution in [0.15, 0.2) is 18.2 Å². The molecule has 2 rings (SSSR count). The van der Waals surface area contributed by atoms with Gasteiger partial charge in [0.15, 0.2) is 0 Å². The molecule has 1 aromatic carbocycles. The second-order valence-electron chi connectivity index (χ2n) is 6.29. The topological polar surface area (TPSA) is 37.8 Å². The summed E-state index contributed by atoms with van der Waals surface area (Å²) < 4.78 is 0. The first kappa shape index (κ1) is 15.1. The van der Waals surface area contributed by atoms with Gasteiger partial charge in [-0.25, -0.2) is 0 Å². The number of aromatic nitrogens is 2. The van der Waals surface area contributed by atoms with Gasteiger partial charge in [0.25, 0.3) is 0 Å². The Hall–Kier alpha value is -1.26. The van der Waals surface area contributed by atoms with E-state index in [4.69, 9.17) is 0 Å². The Bertz CT molecular complexity index is 582. The first-order valence-corrected chi connectivity index (χ1v) is 7.77. The van der Waals surface area contributed by atoms with Crippen LogP contribution in [0.1, 0.15) is 47.5 Å². The second kappa shape index (κ2) is 6.02. The predicted octanol–water partition coefficient (Wildman–Crippen LogP) is 3.63. The van der Waals surface area contributed by atoms with Crippen molar-refractivity contribution in [1.82, 2.24) is 15.5 Å². The molecule has 0 atom stereocenters. The van der Waals surface area contributed by atoms with E-state index in [0.717, 1.165) is 23.0 Å². The molecule has 0 unspecified atom stereocenters. The molecule has 1 aromatic heterocycles. The van der Waals surface area contributed by atoms with Gasteiger partial charge in [-0.05, 0) is 51.3 Å². The van der Waals surface area contributed by atoms with Crippen molar-refractivity contribution in [2.75, 3.05) is 0 Å². The van der Waals surface area contributed by atoms with E-state index in [1.165, 1.54) is 16.7 Å².